The third-order valence-corrected chi connectivity index (χ3v) is 1.49. The maximum atomic E-state index is 11.2. The van der Waals surface area contributed by atoms with Gasteiger partial charge < -0.3 is 15.5 Å². The molecule has 0 radical (unpaired) electrons. The third kappa shape index (κ3) is 1.87. The first-order chi connectivity index (χ1) is 6.16. The molecule has 0 unspecified atom stereocenters. The molecule has 0 aliphatic rings. The zero-order valence-electron chi connectivity index (χ0n) is 7.11. The molecule has 0 aromatic carbocycles. The lowest BCUT2D eigenvalue weighted by Crippen LogP contribution is -2.22. The summed E-state index contributed by atoms with van der Waals surface area (Å²) in [6.07, 6.45) is 1.25. The second-order valence-corrected chi connectivity index (χ2v) is 2.39. The minimum Gasteiger partial charge on any atom is -0.503 e. The van der Waals surface area contributed by atoms with E-state index in [0.717, 1.165) is 0 Å². The van der Waals surface area contributed by atoms with Crippen LogP contribution in [0.1, 0.15) is 17.3 Å². The summed E-state index contributed by atoms with van der Waals surface area (Å²) < 4.78 is 0. The summed E-state index contributed by atoms with van der Waals surface area (Å²) in [7, 11) is 0. The number of carbonyl (C=O) groups is 1. The van der Waals surface area contributed by atoms with Gasteiger partial charge in [-0.3, -0.25) is 4.79 Å². The van der Waals surface area contributed by atoms with Gasteiger partial charge in [-0.1, -0.05) is 0 Å². The minimum absolute atomic E-state index is 0.0225. The molecular formula is C8H10N2O3. The Balaban J connectivity index is 3.01. The molecule has 5 heteroatoms. The van der Waals surface area contributed by atoms with Gasteiger partial charge in [0.1, 0.15) is 0 Å². The van der Waals surface area contributed by atoms with Gasteiger partial charge in [0.05, 0.1) is 5.56 Å². The fourth-order valence-corrected chi connectivity index (χ4v) is 0.882. The van der Waals surface area contributed by atoms with E-state index in [2.05, 4.69) is 10.3 Å². The van der Waals surface area contributed by atoms with E-state index in [1.54, 1.807) is 6.92 Å². The summed E-state index contributed by atoms with van der Waals surface area (Å²) in [5, 5.41) is 20.7. The Morgan fingerprint density at radius 2 is 2.31 bits per heavy atom. The second-order valence-electron chi connectivity index (χ2n) is 2.39. The highest BCUT2D eigenvalue weighted by Crippen LogP contribution is 2.25. The van der Waals surface area contributed by atoms with Crippen molar-refractivity contribution in [2.24, 2.45) is 0 Å². The molecule has 3 N–H and O–H groups in total. The van der Waals surface area contributed by atoms with E-state index in [-0.39, 0.29) is 5.56 Å². The van der Waals surface area contributed by atoms with Gasteiger partial charge in [-0.05, 0) is 13.0 Å². The Morgan fingerprint density at radius 3 is 2.92 bits per heavy atom. The topological polar surface area (TPSA) is 82.5 Å². The first kappa shape index (κ1) is 9.31. The number of hydrogen-bond donors (Lipinski definition) is 3. The molecule has 1 aromatic rings. The van der Waals surface area contributed by atoms with Gasteiger partial charge in [0.15, 0.2) is 5.75 Å². The average Bonchev–Trinajstić information content (AvgIpc) is 2.10. The fraction of sp³-hybridized carbons (Fsp3) is 0.250. The van der Waals surface area contributed by atoms with Crippen molar-refractivity contribution in [1.82, 2.24) is 10.3 Å². The van der Waals surface area contributed by atoms with Crippen LogP contribution in [0.15, 0.2) is 12.3 Å². The lowest BCUT2D eigenvalue weighted by molar-refractivity contribution is 0.0952. The number of aromatic nitrogens is 1. The van der Waals surface area contributed by atoms with Gasteiger partial charge in [0, 0.05) is 12.7 Å². The van der Waals surface area contributed by atoms with E-state index < -0.39 is 17.5 Å². The highest BCUT2D eigenvalue weighted by atomic mass is 16.3. The van der Waals surface area contributed by atoms with Crippen LogP contribution in [0.25, 0.3) is 0 Å². The number of rotatable bonds is 2. The van der Waals surface area contributed by atoms with Crippen LogP contribution in [-0.4, -0.2) is 27.6 Å². The van der Waals surface area contributed by atoms with Crippen molar-refractivity contribution in [3.05, 3.63) is 17.8 Å². The molecule has 0 bridgehead atoms. The molecule has 0 saturated carbocycles. The molecule has 0 atom stereocenters. The standard InChI is InChI=1S/C8H10N2O3/c1-2-9-7(12)5-3-4-10-8(13)6(5)11/h3-4,11H,2H2,1H3,(H,9,12)(H,10,13). The van der Waals surface area contributed by atoms with Gasteiger partial charge in [-0.2, -0.15) is 0 Å². The van der Waals surface area contributed by atoms with E-state index >= 15 is 0 Å². The van der Waals surface area contributed by atoms with Crippen molar-refractivity contribution in [2.75, 3.05) is 6.54 Å². The Morgan fingerprint density at radius 1 is 1.62 bits per heavy atom. The SMILES string of the molecule is CCNC(=O)c1ccnc(O)c1O. The summed E-state index contributed by atoms with van der Waals surface area (Å²) in [4.78, 5) is 14.6. The summed E-state index contributed by atoms with van der Waals surface area (Å²) in [5.41, 5.74) is 0.0225. The van der Waals surface area contributed by atoms with E-state index in [1.165, 1.54) is 12.3 Å². The van der Waals surface area contributed by atoms with E-state index in [0.29, 0.717) is 6.54 Å². The first-order valence-corrected chi connectivity index (χ1v) is 3.82. The van der Waals surface area contributed by atoms with Crippen LogP contribution in [0.5, 0.6) is 11.6 Å². The Kier molecular flexibility index (Phi) is 2.69. The van der Waals surface area contributed by atoms with Crippen molar-refractivity contribution >= 4 is 5.91 Å². The highest BCUT2D eigenvalue weighted by Gasteiger charge is 2.13. The number of aromatic hydroxyl groups is 2. The second kappa shape index (κ2) is 3.75. The zero-order chi connectivity index (χ0) is 9.84. The smallest absolute Gasteiger partial charge is 0.255 e. The maximum absolute atomic E-state index is 11.2. The van der Waals surface area contributed by atoms with E-state index in [4.69, 9.17) is 5.11 Å². The monoisotopic (exact) mass is 182 g/mol. The lowest BCUT2D eigenvalue weighted by atomic mass is 10.2. The zero-order valence-corrected chi connectivity index (χ0v) is 7.11. The molecule has 70 valence electrons. The molecule has 0 fully saturated rings. The summed E-state index contributed by atoms with van der Waals surface area (Å²) in [6.45, 7) is 2.22. The van der Waals surface area contributed by atoms with Crippen LogP contribution in [0, 0.1) is 0 Å². The van der Waals surface area contributed by atoms with Crippen LogP contribution in [0.2, 0.25) is 0 Å². The quantitative estimate of drug-likeness (QED) is 0.612. The number of nitrogens with one attached hydrogen (secondary N) is 1. The average molecular weight is 182 g/mol. The maximum Gasteiger partial charge on any atom is 0.255 e. The predicted molar refractivity (Wildman–Crippen MR) is 45.6 cm³/mol. The number of hydrogen-bond acceptors (Lipinski definition) is 4. The van der Waals surface area contributed by atoms with Crippen molar-refractivity contribution in [3.63, 3.8) is 0 Å². The van der Waals surface area contributed by atoms with Crippen molar-refractivity contribution in [2.45, 2.75) is 6.92 Å². The van der Waals surface area contributed by atoms with Crippen LogP contribution in [0.3, 0.4) is 0 Å². The molecule has 1 rings (SSSR count). The normalized spacial score (nSPS) is 9.62. The molecule has 1 amide bonds. The molecular weight excluding hydrogens is 172 g/mol. The fourth-order valence-electron chi connectivity index (χ4n) is 0.882. The first-order valence-electron chi connectivity index (χ1n) is 3.82. The molecule has 5 nitrogen and oxygen atoms in total. The van der Waals surface area contributed by atoms with Crippen LogP contribution >= 0.6 is 0 Å². The molecule has 0 aliphatic heterocycles. The van der Waals surface area contributed by atoms with Crippen LogP contribution in [-0.2, 0) is 0 Å². The van der Waals surface area contributed by atoms with Crippen LogP contribution < -0.4 is 5.32 Å². The van der Waals surface area contributed by atoms with Gasteiger partial charge >= 0.3 is 0 Å². The summed E-state index contributed by atoms with van der Waals surface area (Å²) >= 11 is 0. The van der Waals surface area contributed by atoms with Crippen LogP contribution in [0.4, 0.5) is 0 Å². The molecule has 1 heterocycles. The van der Waals surface area contributed by atoms with E-state index in [9.17, 15) is 9.90 Å². The van der Waals surface area contributed by atoms with Crippen molar-refractivity contribution < 1.29 is 15.0 Å². The number of carbonyl (C=O) groups excluding carboxylic acids is 1. The van der Waals surface area contributed by atoms with Gasteiger partial charge in [0.2, 0.25) is 0 Å². The van der Waals surface area contributed by atoms with Gasteiger partial charge in [0.25, 0.3) is 11.8 Å². The summed E-state index contributed by atoms with van der Waals surface area (Å²) in [5.74, 6) is -1.46. The van der Waals surface area contributed by atoms with Gasteiger partial charge in [-0.25, -0.2) is 4.98 Å². The highest BCUT2D eigenvalue weighted by molar-refractivity contribution is 5.97. The van der Waals surface area contributed by atoms with Gasteiger partial charge in [-0.15, -0.1) is 0 Å². The number of amides is 1. The van der Waals surface area contributed by atoms with E-state index in [1.807, 2.05) is 0 Å². The molecule has 0 saturated heterocycles. The molecule has 0 aliphatic carbocycles. The minimum atomic E-state index is -0.538. The largest absolute Gasteiger partial charge is 0.503 e. The molecule has 1 aromatic heterocycles. The number of nitrogens with zero attached hydrogens (tertiary/aromatic N) is 1. The Hall–Kier alpha value is -1.78. The molecule has 13 heavy (non-hydrogen) atoms. The Bertz CT molecular complexity index is 325. The van der Waals surface area contributed by atoms with Crippen molar-refractivity contribution in [3.8, 4) is 11.6 Å². The molecule has 0 spiro atoms. The summed E-state index contributed by atoms with van der Waals surface area (Å²) in [6, 6.07) is 1.33. The number of pyridine rings is 1. The Labute approximate surface area is 75.0 Å². The van der Waals surface area contributed by atoms with Crippen molar-refractivity contribution in [1.29, 1.82) is 0 Å². The lowest BCUT2D eigenvalue weighted by Gasteiger charge is -2.04. The predicted octanol–water partition coefficient (Wildman–Crippen LogP) is 0.242. The third-order valence-electron chi connectivity index (χ3n) is 1.49.